The van der Waals surface area contributed by atoms with Crippen LogP contribution in [0.15, 0.2) is 0 Å². The normalized spacial score (nSPS) is 27.0. The summed E-state index contributed by atoms with van der Waals surface area (Å²) in [4.78, 5) is 0. The quantitative estimate of drug-likeness (QED) is 0.610. The molecular weight excluding hydrogens is 134 g/mol. The first-order valence-electron chi connectivity index (χ1n) is 5.05. The summed E-state index contributed by atoms with van der Waals surface area (Å²) < 4.78 is 0. The predicted molar refractivity (Wildman–Crippen MR) is 47.6 cm³/mol. The standard InChI is InChI=1S/C10H19N/c1-2-5-11-8-9-6-10(7-9)3-4-10/h9,11H,2-8H2,1H3. The van der Waals surface area contributed by atoms with Crippen molar-refractivity contribution in [3.63, 3.8) is 0 Å². The summed E-state index contributed by atoms with van der Waals surface area (Å²) in [5.41, 5.74) is 0.901. The van der Waals surface area contributed by atoms with Gasteiger partial charge < -0.3 is 5.32 Å². The van der Waals surface area contributed by atoms with Crippen LogP contribution in [0, 0.1) is 11.3 Å². The third kappa shape index (κ3) is 1.58. The minimum atomic E-state index is 0.901. The first-order valence-corrected chi connectivity index (χ1v) is 5.05. The lowest BCUT2D eigenvalue weighted by Gasteiger charge is -2.36. The second-order valence-electron chi connectivity index (χ2n) is 4.48. The zero-order valence-corrected chi connectivity index (χ0v) is 7.53. The lowest BCUT2D eigenvalue weighted by atomic mass is 9.72. The Kier molecular flexibility index (Phi) is 1.92. The Morgan fingerprint density at radius 2 is 2.09 bits per heavy atom. The van der Waals surface area contributed by atoms with E-state index in [1.165, 1.54) is 45.2 Å². The van der Waals surface area contributed by atoms with E-state index in [-0.39, 0.29) is 0 Å². The zero-order chi connectivity index (χ0) is 7.73. The van der Waals surface area contributed by atoms with Crippen LogP contribution in [0.4, 0.5) is 0 Å². The summed E-state index contributed by atoms with van der Waals surface area (Å²) in [6, 6.07) is 0. The van der Waals surface area contributed by atoms with Crippen LogP contribution >= 0.6 is 0 Å². The second kappa shape index (κ2) is 2.78. The summed E-state index contributed by atoms with van der Waals surface area (Å²) in [7, 11) is 0. The van der Waals surface area contributed by atoms with Gasteiger partial charge in [-0.05, 0) is 56.5 Å². The van der Waals surface area contributed by atoms with E-state index in [1.54, 1.807) is 0 Å². The average Bonchev–Trinajstić information content (AvgIpc) is 2.66. The van der Waals surface area contributed by atoms with Crippen LogP contribution in [-0.4, -0.2) is 13.1 Å². The first kappa shape index (κ1) is 7.60. The van der Waals surface area contributed by atoms with E-state index < -0.39 is 0 Å². The van der Waals surface area contributed by atoms with Crippen LogP contribution in [0.1, 0.15) is 39.0 Å². The van der Waals surface area contributed by atoms with Crippen molar-refractivity contribution >= 4 is 0 Å². The molecule has 0 aromatic heterocycles. The molecule has 1 N–H and O–H groups in total. The molecule has 0 amide bonds. The third-order valence-electron chi connectivity index (χ3n) is 3.26. The van der Waals surface area contributed by atoms with Gasteiger partial charge in [0.2, 0.25) is 0 Å². The molecule has 1 spiro atoms. The van der Waals surface area contributed by atoms with Crippen molar-refractivity contribution in [3.05, 3.63) is 0 Å². The highest BCUT2D eigenvalue weighted by Crippen LogP contribution is 2.63. The van der Waals surface area contributed by atoms with Gasteiger partial charge in [-0.3, -0.25) is 0 Å². The molecule has 0 aromatic carbocycles. The van der Waals surface area contributed by atoms with Gasteiger partial charge in [-0.2, -0.15) is 0 Å². The SMILES string of the molecule is CCCNCC1CC2(CC2)C1. The van der Waals surface area contributed by atoms with E-state index >= 15 is 0 Å². The molecule has 0 heterocycles. The topological polar surface area (TPSA) is 12.0 Å². The molecule has 0 saturated heterocycles. The third-order valence-corrected chi connectivity index (χ3v) is 3.26. The molecule has 0 aliphatic heterocycles. The maximum Gasteiger partial charge on any atom is -0.00201 e. The van der Waals surface area contributed by atoms with Gasteiger partial charge in [0.25, 0.3) is 0 Å². The Morgan fingerprint density at radius 1 is 1.36 bits per heavy atom. The van der Waals surface area contributed by atoms with Crippen LogP contribution in [0.2, 0.25) is 0 Å². The zero-order valence-electron chi connectivity index (χ0n) is 7.53. The fourth-order valence-electron chi connectivity index (χ4n) is 2.38. The van der Waals surface area contributed by atoms with Crippen molar-refractivity contribution in [1.29, 1.82) is 0 Å². The van der Waals surface area contributed by atoms with E-state index in [0.717, 1.165) is 11.3 Å². The Labute approximate surface area is 69.6 Å². The molecule has 0 aromatic rings. The monoisotopic (exact) mass is 153 g/mol. The molecule has 2 fully saturated rings. The molecular formula is C10H19N. The summed E-state index contributed by atoms with van der Waals surface area (Å²) in [6.07, 6.45) is 7.42. The van der Waals surface area contributed by atoms with Crippen LogP contribution in [0.5, 0.6) is 0 Å². The van der Waals surface area contributed by atoms with Crippen molar-refractivity contribution < 1.29 is 0 Å². The minimum Gasteiger partial charge on any atom is -0.316 e. The van der Waals surface area contributed by atoms with Gasteiger partial charge in [-0.15, -0.1) is 0 Å². The van der Waals surface area contributed by atoms with Crippen LogP contribution in [0.3, 0.4) is 0 Å². The van der Waals surface area contributed by atoms with Gasteiger partial charge in [0.05, 0.1) is 0 Å². The van der Waals surface area contributed by atoms with E-state index in [2.05, 4.69) is 12.2 Å². The van der Waals surface area contributed by atoms with E-state index in [0.29, 0.717) is 0 Å². The minimum absolute atomic E-state index is 0.901. The van der Waals surface area contributed by atoms with Gasteiger partial charge in [-0.25, -0.2) is 0 Å². The summed E-state index contributed by atoms with van der Waals surface area (Å²) >= 11 is 0. The molecule has 2 saturated carbocycles. The molecule has 1 nitrogen and oxygen atoms in total. The highest BCUT2D eigenvalue weighted by Gasteiger charge is 2.52. The first-order chi connectivity index (χ1) is 5.35. The lowest BCUT2D eigenvalue weighted by molar-refractivity contribution is 0.165. The number of hydrogen-bond donors (Lipinski definition) is 1. The molecule has 64 valence electrons. The molecule has 0 atom stereocenters. The largest absolute Gasteiger partial charge is 0.316 e. The molecule has 2 aliphatic rings. The fourth-order valence-corrected chi connectivity index (χ4v) is 2.38. The van der Waals surface area contributed by atoms with Crippen LogP contribution in [-0.2, 0) is 0 Å². The van der Waals surface area contributed by atoms with Crippen molar-refractivity contribution in [2.75, 3.05) is 13.1 Å². The van der Waals surface area contributed by atoms with Crippen molar-refractivity contribution in [1.82, 2.24) is 5.32 Å². The Hall–Kier alpha value is -0.0400. The summed E-state index contributed by atoms with van der Waals surface area (Å²) in [6.45, 7) is 4.73. The van der Waals surface area contributed by atoms with Gasteiger partial charge >= 0.3 is 0 Å². The maximum atomic E-state index is 3.50. The number of nitrogens with one attached hydrogen (secondary N) is 1. The summed E-state index contributed by atoms with van der Waals surface area (Å²) in [5, 5.41) is 3.50. The molecule has 2 aliphatic carbocycles. The van der Waals surface area contributed by atoms with Crippen molar-refractivity contribution in [3.8, 4) is 0 Å². The Bertz CT molecular complexity index is 130. The smallest absolute Gasteiger partial charge is 0.00201 e. The van der Waals surface area contributed by atoms with Gasteiger partial charge in [0.15, 0.2) is 0 Å². The number of hydrogen-bond acceptors (Lipinski definition) is 1. The molecule has 0 bridgehead atoms. The molecule has 0 unspecified atom stereocenters. The van der Waals surface area contributed by atoms with Gasteiger partial charge in [0, 0.05) is 0 Å². The van der Waals surface area contributed by atoms with E-state index in [9.17, 15) is 0 Å². The fraction of sp³-hybridized carbons (Fsp3) is 1.00. The van der Waals surface area contributed by atoms with Crippen LogP contribution < -0.4 is 5.32 Å². The van der Waals surface area contributed by atoms with Crippen molar-refractivity contribution in [2.45, 2.75) is 39.0 Å². The molecule has 2 rings (SSSR count). The van der Waals surface area contributed by atoms with Crippen LogP contribution in [0.25, 0.3) is 0 Å². The Morgan fingerprint density at radius 3 is 2.64 bits per heavy atom. The molecule has 0 radical (unpaired) electrons. The van der Waals surface area contributed by atoms with E-state index in [1.807, 2.05) is 0 Å². The maximum absolute atomic E-state index is 3.50. The average molecular weight is 153 g/mol. The second-order valence-corrected chi connectivity index (χ2v) is 4.48. The Balaban J connectivity index is 1.53. The predicted octanol–water partition coefficient (Wildman–Crippen LogP) is 2.18. The highest BCUT2D eigenvalue weighted by atomic mass is 14.9. The van der Waals surface area contributed by atoms with Gasteiger partial charge in [0.1, 0.15) is 0 Å². The summed E-state index contributed by atoms with van der Waals surface area (Å²) in [5.74, 6) is 1.03. The lowest BCUT2D eigenvalue weighted by Crippen LogP contribution is -2.34. The molecule has 1 heteroatoms. The van der Waals surface area contributed by atoms with Crippen molar-refractivity contribution in [2.24, 2.45) is 11.3 Å². The number of rotatable bonds is 4. The molecule has 11 heavy (non-hydrogen) atoms. The van der Waals surface area contributed by atoms with Gasteiger partial charge in [-0.1, -0.05) is 6.92 Å². The van der Waals surface area contributed by atoms with E-state index in [4.69, 9.17) is 0 Å². The highest BCUT2D eigenvalue weighted by molar-refractivity contribution is 5.03.